The number of hydrogen-bond donors (Lipinski definition) is 2. The molecule has 1 aromatic heterocycles. The summed E-state index contributed by atoms with van der Waals surface area (Å²) in [7, 11) is 0. The van der Waals surface area contributed by atoms with Crippen molar-refractivity contribution in [2.24, 2.45) is 0 Å². The van der Waals surface area contributed by atoms with Gasteiger partial charge in [0.2, 0.25) is 5.91 Å². The van der Waals surface area contributed by atoms with E-state index in [9.17, 15) is 9.59 Å². The number of thioether (sulfide) groups is 1. The molecule has 0 aliphatic heterocycles. The Morgan fingerprint density at radius 3 is 2.61 bits per heavy atom. The minimum atomic E-state index is -0.380. The van der Waals surface area contributed by atoms with Crippen molar-refractivity contribution in [2.45, 2.75) is 12.1 Å². The van der Waals surface area contributed by atoms with Crippen molar-refractivity contribution in [3.63, 3.8) is 0 Å². The number of aromatic nitrogens is 2. The predicted molar refractivity (Wildman–Crippen MR) is 112 cm³/mol. The average molecular weight is 415 g/mol. The molecule has 0 saturated heterocycles. The largest absolute Gasteiger partial charge is 0.342 e. The standard InChI is InChI=1S/C20H19ClN4O2S/c1-13-15(21)9-6-10-16(13)24-18(26)12-22-19(27)17-11-23-20(28-2)25(17)14-7-4-3-5-8-14/h3-11H,12H2,1-2H3,(H,22,27)(H,24,26). The highest BCUT2D eigenvalue weighted by Gasteiger charge is 2.18. The molecule has 1 heterocycles. The van der Waals surface area contributed by atoms with Gasteiger partial charge in [0, 0.05) is 16.4 Å². The van der Waals surface area contributed by atoms with Crippen molar-refractivity contribution >= 4 is 40.9 Å². The van der Waals surface area contributed by atoms with Crippen molar-refractivity contribution in [1.82, 2.24) is 14.9 Å². The first kappa shape index (κ1) is 20.0. The number of anilines is 1. The lowest BCUT2D eigenvalue weighted by atomic mass is 10.2. The molecule has 0 aliphatic rings. The van der Waals surface area contributed by atoms with Crippen LogP contribution in [0, 0.1) is 6.92 Å². The summed E-state index contributed by atoms with van der Waals surface area (Å²) in [6.45, 7) is 1.65. The van der Waals surface area contributed by atoms with Crippen LogP contribution in [0.4, 0.5) is 5.69 Å². The van der Waals surface area contributed by atoms with Gasteiger partial charge in [-0.15, -0.1) is 0 Å². The molecule has 28 heavy (non-hydrogen) atoms. The second-order valence-corrected chi connectivity index (χ2v) is 7.12. The Morgan fingerprint density at radius 2 is 1.89 bits per heavy atom. The third kappa shape index (κ3) is 4.37. The summed E-state index contributed by atoms with van der Waals surface area (Å²) in [5.74, 6) is -0.718. The van der Waals surface area contributed by atoms with E-state index in [0.29, 0.717) is 21.6 Å². The van der Waals surface area contributed by atoms with Gasteiger partial charge in [-0.05, 0) is 43.0 Å². The summed E-state index contributed by atoms with van der Waals surface area (Å²) in [6.07, 6.45) is 3.40. The number of carbonyl (C=O) groups is 2. The van der Waals surface area contributed by atoms with Gasteiger partial charge in [0.25, 0.3) is 5.91 Å². The first-order valence-electron chi connectivity index (χ1n) is 8.51. The van der Waals surface area contributed by atoms with Gasteiger partial charge in [-0.25, -0.2) is 4.98 Å². The molecule has 0 saturated carbocycles. The quantitative estimate of drug-likeness (QED) is 0.599. The number of amides is 2. The smallest absolute Gasteiger partial charge is 0.270 e. The van der Waals surface area contributed by atoms with Crippen LogP contribution in [0.5, 0.6) is 0 Å². The van der Waals surface area contributed by atoms with E-state index in [4.69, 9.17) is 11.6 Å². The van der Waals surface area contributed by atoms with E-state index in [1.165, 1.54) is 18.0 Å². The monoisotopic (exact) mass is 414 g/mol. The van der Waals surface area contributed by atoms with Gasteiger partial charge < -0.3 is 10.6 Å². The average Bonchev–Trinajstić information content (AvgIpc) is 3.14. The van der Waals surface area contributed by atoms with Crippen molar-refractivity contribution < 1.29 is 9.59 Å². The molecular weight excluding hydrogens is 396 g/mol. The van der Waals surface area contributed by atoms with Gasteiger partial charge in [-0.3, -0.25) is 14.2 Å². The maximum atomic E-state index is 12.7. The zero-order valence-corrected chi connectivity index (χ0v) is 17.0. The molecule has 0 fully saturated rings. The van der Waals surface area contributed by atoms with Gasteiger partial charge >= 0.3 is 0 Å². The van der Waals surface area contributed by atoms with Crippen LogP contribution in [0.2, 0.25) is 5.02 Å². The van der Waals surface area contributed by atoms with Crippen molar-refractivity contribution in [3.8, 4) is 5.69 Å². The van der Waals surface area contributed by atoms with Crippen molar-refractivity contribution in [2.75, 3.05) is 18.1 Å². The topological polar surface area (TPSA) is 76.0 Å². The van der Waals surface area contributed by atoms with Crippen molar-refractivity contribution in [1.29, 1.82) is 0 Å². The zero-order chi connectivity index (χ0) is 20.1. The lowest BCUT2D eigenvalue weighted by Gasteiger charge is -2.12. The molecule has 0 aliphatic carbocycles. The van der Waals surface area contributed by atoms with Gasteiger partial charge in [0.1, 0.15) is 5.69 Å². The number of nitrogens with zero attached hydrogens (tertiary/aromatic N) is 2. The summed E-state index contributed by atoms with van der Waals surface area (Å²) < 4.78 is 1.76. The fourth-order valence-electron chi connectivity index (χ4n) is 2.65. The normalized spacial score (nSPS) is 10.5. The van der Waals surface area contributed by atoms with Crippen LogP contribution in [0.15, 0.2) is 59.9 Å². The first-order chi connectivity index (χ1) is 13.5. The number of carbonyl (C=O) groups excluding carboxylic acids is 2. The molecule has 2 amide bonds. The minimum absolute atomic E-state index is 0.167. The van der Waals surface area contributed by atoms with Gasteiger partial charge in [0.15, 0.2) is 5.16 Å². The van der Waals surface area contributed by atoms with Crippen molar-refractivity contribution in [3.05, 3.63) is 71.0 Å². The molecular formula is C20H19ClN4O2S. The van der Waals surface area contributed by atoms with E-state index in [-0.39, 0.29) is 18.4 Å². The summed E-state index contributed by atoms with van der Waals surface area (Å²) in [4.78, 5) is 29.2. The van der Waals surface area contributed by atoms with Gasteiger partial charge in [-0.1, -0.05) is 47.6 Å². The molecule has 6 nitrogen and oxygen atoms in total. The van der Waals surface area contributed by atoms with E-state index < -0.39 is 0 Å². The summed E-state index contributed by atoms with van der Waals surface area (Å²) in [5, 5.41) is 6.66. The van der Waals surface area contributed by atoms with E-state index >= 15 is 0 Å². The van der Waals surface area contributed by atoms with Crippen LogP contribution in [0.25, 0.3) is 5.69 Å². The second-order valence-electron chi connectivity index (χ2n) is 5.94. The number of rotatable bonds is 6. The molecule has 0 atom stereocenters. The van der Waals surface area contributed by atoms with Crippen LogP contribution in [0.1, 0.15) is 16.1 Å². The molecule has 3 aromatic rings. The van der Waals surface area contributed by atoms with Crippen LogP contribution >= 0.6 is 23.4 Å². The summed E-state index contributed by atoms with van der Waals surface area (Å²) in [5.41, 5.74) is 2.58. The van der Waals surface area contributed by atoms with E-state index in [0.717, 1.165) is 11.3 Å². The van der Waals surface area contributed by atoms with E-state index in [1.54, 1.807) is 22.8 Å². The molecule has 0 spiro atoms. The highest BCUT2D eigenvalue weighted by atomic mass is 35.5. The SMILES string of the molecule is CSc1ncc(C(=O)NCC(=O)Nc2cccc(Cl)c2C)n1-c1ccccc1. The first-order valence-corrected chi connectivity index (χ1v) is 10.1. The Hall–Kier alpha value is -2.77. The Morgan fingerprint density at radius 1 is 1.14 bits per heavy atom. The Kier molecular flexibility index (Phi) is 6.38. The summed E-state index contributed by atoms with van der Waals surface area (Å²) in [6, 6.07) is 14.7. The molecule has 0 unspecified atom stereocenters. The number of halogens is 1. The lowest BCUT2D eigenvalue weighted by Crippen LogP contribution is -2.34. The lowest BCUT2D eigenvalue weighted by molar-refractivity contribution is -0.115. The molecule has 0 bridgehead atoms. The number of nitrogens with one attached hydrogen (secondary N) is 2. The van der Waals surface area contributed by atoms with Crippen LogP contribution in [-0.2, 0) is 4.79 Å². The Labute approximate surface area is 172 Å². The number of imidazole rings is 1. The Balaban J connectivity index is 1.71. The third-order valence-corrected chi connectivity index (χ3v) is 5.17. The highest BCUT2D eigenvalue weighted by Crippen LogP contribution is 2.23. The molecule has 144 valence electrons. The summed E-state index contributed by atoms with van der Waals surface area (Å²) >= 11 is 7.50. The van der Waals surface area contributed by atoms with Gasteiger partial charge in [-0.2, -0.15) is 0 Å². The fourth-order valence-corrected chi connectivity index (χ4v) is 3.37. The number of hydrogen-bond acceptors (Lipinski definition) is 4. The molecule has 2 N–H and O–H groups in total. The molecule has 2 aromatic carbocycles. The molecule has 3 rings (SSSR count). The Bertz CT molecular complexity index is 1000. The number of para-hydroxylation sites is 1. The maximum Gasteiger partial charge on any atom is 0.270 e. The molecule has 0 radical (unpaired) electrons. The third-order valence-electron chi connectivity index (χ3n) is 4.11. The maximum absolute atomic E-state index is 12.7. The fraction of sp³-hybridized carbons (Fsp3) is 0.150. The number of benzene rings is 2. The highest BCUT2D eigenvalue weighted by molar-refractivity contribution is 7.98. The van der Waals surface area contributed by atoms with Crippen LogP contribution < -0.4 is 10.6 Å². The van der Waals surface area contributed by atoms with Gasteiger partial charge in [0.05, 0.1) is 12.7 Å². The molecule has 8 heteroatoms. The van der Waals surface area contributed by atoms with Crippen LogP contribution in [0.3, 0.4) is 0 Å². The van der Waals surface area contributed by atoms with E-state index in [2.05, 4.69) is 15.6 Å². The minimum Gasteiger partial charge on any atom is -0.342 e. The van der Waals surface area contributed by atoms with Crippen LogP contribution in [-0.4, -0.2) is 34.2 Å². The zero-order valence-electron chi connectivity index (χ0n) is 15.4. The van der Waals surface area contributed by atoms with E-state index in [1.807, 2.05) is 43.5 Å². The second kappa shape index (κ2) is 8.95. The predicted octanol–water partition coefficient (Wildman–Crippen LogP) is 3.92.